The van der Waals surface area contributed by atoms with E-state index in [0.717, 1.165) is 38.5 Å². The van der Waals surface area contributed by atoms with Gasteiger partial charge in [0.2, 0.25) is 0 Å². The van der Waals surface area contributed by atoms with Gasteiger partial charge in [-0.15, -0.1) is 0 Å². The molecule has 0 spiro atoms. The van der Waals surface area contributed by atoms with Crippen molar-refractivity contribution in [1.29, 1.82) is 0 Å². The first-order chi connectivity index (χ1) is 13.2. The van der Waals surface area contributed by atoms with E-state index in [9.17, 15) is 9.59 Å². The van der Waals surface area contributed by atoms with Crippen LogP contribution < -0.4 is 0 Å². The van der Waals surface area contributed by atoms with Crippen molar-refractivity contribution in [2.75, 3.05) is 21.3 Å². The van der Waals surface area contributed by atoms with E-state index >= 15 is 0 Å². The van der Waals surface area contributed by atoms with Gasteiger partial charge in [0.15, 0.2) is 12.1 Å². The number of rotatable bonds is 8. The molecular weight excluding hydrogens is 356 g/mol. The molecule has 0 aromatic carbocycles. The van der Waals surface area contributed by atoms with Gasteiger partial charge in [-0.2, -0.15) is 0 Å². The Kier molecular flexibility index (Phi) is 7.63. The maximum atomic E-state index is 12.6. The average molecular weight is 393 g/mol. The second-order valence-electron chi connectivity index (χ2n) is 8.77. The normalized spacial score (nSPS) is 33.1. The van der Waals surface area contributed by atoms with Gasteiger partial charge in [-0.25, -0.2) is 0 Å². The first-order valence-corrected chi connectivity index (χ1v) is 10.3. The van der Waals surface area contributed by atoms with E-state index in [2.05, 4.69) is 20.4 Å². The molecule has 0 N–H and O–H groups in total. The highest BCUT2D eigenvalue weighted by Crippen LogP contribution is 2.62. The van der Waals surface area contributed by atoms with Crippen molar-refractivity contribution in [2.45, 2.75) is 65.1 Å². The van der Waals surface area contributed by atoms with Crippen LogP contribution in [0.15, 0.2) is 24.3 Å². The lowest BCUT2D eigenvalue weighted by atomic mass is 9.46. The molecule has 0 saturated heterocycles. The topological polar surface area (TPSA) is 61.8 Å². The highest BCUT2D eigenvalue weighted by Gasteiger charge is 2.57. The molecule has 0 radical (unpaired) electrons. The van der Waals surface area contributed by atoms with Gasteiger partial charge < -0.3 is 14.2 Å². The van der Waals surface area contributed by atoms with Gasteiger partial charge >= 0.3 is 5.97 Å². The lowest BCUT2D eigenvalue weighted by Crippen LogP contribution is -2.53. The van der Waals surface area contributed by atoms with E-state index in [1.807, 2.05) is 0 Å². The zero-order chi connectivity index (χ0) is 20.9. The van der Waals surface area contributed by atoms with Crippen LogP contribution in [0, 0.1) is 22.7 Å². The molecule has 5 heteroatoms. The molecular formula is C23H36O5. The van der Waals surface area contributed by atoms with Gasteiger partial charge in [0.1, 0.15) is 0 Å². The van der Waals surface area contributed by atoms with Crippen LogP contribution in [0.2, 0.25) is 0 Å². The Morgan fingerprint density at radius 1 is 1.21 bits per heavy atom. The molecule has 0 bridgehead atoms. The predicted octanol–water partition coefficient (Wildman–Crippen LogP) is 4.46. The molecule has 2 aliphatic carbocycles. The third kappa shape index (κ3) is 4.41. The van der Waals surface area contributed by atoms with Gasteiger partial charge in [-0.1, -0.05) is 25.5 Å². The summed E-state index contributed by atoms with van der Waals surface area (Å²) in [7, 11) is 4.56. The molecule has 2 saturated carbocycles. The summed E-state index contributed by atoms with van der Waals surface area (Å²) in [6.45, 7) is 8.69. The van der Waals surface area contributed by atoms with Gasteiger partial charge in [0, 0.05) is 20.6 Å². The Balaban J connectivity index is 2.14. The summed E-state index contributed by atoms with van der Waals surface area (Å²) >= 11 is 0. The quantitative estimate of drug-likeness (QED) is 0.264. The Hall–Kier alpha value is -1.46. The molecule has 0 amide bonds. The van der Waals surface area contributed by atoms with E-state index in [1.165, 1.54) is 26.9 Å². The SMILES string of the molecule is C=C1CCC2[C@](C)(CCC[C@]2(C)C(=O)OC)[C@H]1CCC(=O)/C=C/C(OC)OC. The van der Waals surface area contributed by atoms with Crippen LogP contribution in [-0.4, -0.2) is 39.4 Å². The van der Waals surface area contributed by atoms with Crippen molar-refractivity contribution in [3.05, 3.63) is 24.3 Å². The third-order valence-electron chi connectivity index (χ3n) is 7.25. The van der Waals surface area contributed by atoms with Crippen molar-refractivity contribution >= 4 is 11.8 Å². The van der Waals surface area contributed by atoms with E-state index in [0.29, 0.717) is 6.42 Å². The Morgan fingerprint density at radius 2 is 1.89 bits per heavy atom. The number of allylic oxidation sites excluding steroid dienone is 2. The van der Waals surface area contributed by atoms with E-state index < -0.39 is 11.7 Å². The summed E-state index contributed by atoms with van der Waals surface area (Å²) in [6, 6.07) is 0. The molecule has 2 aliphatic rings. The Morgan fingerprint density at radius 3 is 2.50 bits per heavy atom. The fourth-order valence-electron chi connectivity index (χ4n) is 5.77. The van der Waals surface area contributed by atoms with Crippen molar-refractivity contribution in [3.8, 4) is 0 Å². The van der Waals surface area contributed by atoms with Crippen molar-refractivity contribution in [1.82, 2.24) is 0 Å². The Bertz CT molecular complexity index is 620. The monoisotopic (exact) mass is 392 g/mol. The number of carbonyl (C=O) groups excluding carboxylic acids is 2. The van der Waals surface area contributed by atoms with Crippen LogP contribution >= 0.6 is 0 Å². The largest absolute Gasteiger partial charge is 0.469 e. The number of fused-ring (bicyclic) bond motifs is 1. The molecule has 5 nitrogen and oxygen atoms in total. The first-order valence-electron chi connectivity index (χ1n) is 10.3. The second kappa shape index (κ2) is 9.36. The molecule has 0 aliphatic heterocycles. The minimum atomic E-state index is -0.505. The van der Waals surface area contributed by atoms with Crippen LogP contribution in [-0.2, 0) is 23.8 Å². The zero-order valence-corrected chi connectivity index (χ0v) is 18.1. The number of ketones is 1. The molecule has 2 rings (SSSR count). The van der Waals surface area contributed by atoms with E-state index in [1.54, 1.807) is 12.2 Å². The fraction of sp³-hybridized carbons (Fsp3) is 0.739. The van der Waals surface area contributed by atoms with E-state index in [4.69, 9.17) is 14.2 Å². The molecule has 0 aromatic rings. The van der Waals surface area contributed by atoms with Crippen molar-refractivity contribution < 1.29 is 23.8 Å². The third-order valence-corrected chi connectivity index (χ3v) is 7.25. The smallest absolute Gasteiger partial charge is 0.311 e. The maximum absolute atomic E-state index is 12.6. The predicted molar refractivity (Wildman–Crippen MR) is 109 cm³/mol. The molecule has 0 aromatic heterocycles. The minimum absolute atomic E-state index is 0.0257. The van der Waals surface area contributed by atoms with Crippen LogP contribution in [0.25, 0.3) is 0 Å². The first kappa shape index (κ1) is 22.8. The summed E-state index contributed by atoms with van der Waals surface area (Å²) in [5.74, 6) is 0.463. The lowest BCUT2D eigenvalue weighted by molar-refractivity contribution is -0.168. The van der Waals surface area contributed by atoms with Crippen LogP contribution in [0.5, 0.6) is 0 Å². The zero-order valence-electron chi connectivity index (χ0n) is 18.1. The highest BCUT2D eigenvalue weighted by molar-refractivity contribution is 5.89. The minimum Gasteiger partial charge on any atom is -0.469 e. The summed E-state index contributed by atoms with van der Waals surface area (Å²) < 4.78 is 15.3. The number of methoxy groups -OCH3 is 3. The number of hydrogen-bond acceptors (Lipinski definition) is 5. The number of hydrogen-bond donors (Lipinski definition) is 0. The van der Waals surface area contributed by atoms with Gasteiger partial charge in [-0.3, -0.25) is 9.59 Å². The average Bonchev–Trinajstić information content (AvgIpc) is 2.67. The molecule has 0 heterocycles. The highest BCUT2D eigenvalue weighted by atomic mass is 16.7. The Labute approximate surface area is 169 Å². The summed E-state index contributed by atoms with van der Waals surface area (Å²) in [4.78, 5) is 25.0. The lowest BCUT2D eigenvalue weighted by Gasteiger charge is -2.57. The molecule has 28 heavy (non-hydrogen) atoms. The van der Waals surface area contributed by atoms with Crippen LogP contribution in [0.4, 0.5) is 0 Å². The summed E-state index contributed by atoms with van der Waals surface area (Å²) in [6.07, 6.45) is 8.71. The molecule has 158 valence electrons. The molecule has 2 fully saturated rings. The molecule has 1 unspecified atom stereocenters. The summed E-state index contributed by atoms with van der Waals surface area (Å²) in [5.41, 5.74) is 0.743. The van der Waals surface area contributed by atoms with Gasteiger partial charge in [0.05, 0.1) is 12.5 Å². The standard InChI is InChI=1S/C23H36O5/c1-16-8-12-19-22(2,14-7-15-23(19,3)21(25)28-6)18(16)11-9-17(24)10-13-20(26-4)27-5/h10,13,18-20H,1,7-9,11-12,14-15H2,2-6H3/b13-10+/t18-,19?,22+,23-/m0/s1. The van der Waals surface area contributed by atoms with Crippen molar-refractivity contribution in [2.24, 2.45) is 22.7 Å². The van der Waals surface area contributed by atoms with Gasteiger partial charge in [-0.05, 0) is 68.4 Å². The molecule has 4 atom stereocenters. The van der Waals surface area contributed by atoms with Crippen molar-refractivity contribution in [3.63, 3.8) is 0 Å². The maximum Gasteiger partial charge on any atom is 0.311 e. The van der Waals surface area contributed by atoms with Crippen LogP contribution in [0.1, 0.15) is 58.8 Å². The number of carbonyl (C=O) groups is 2. The fourth-order valence-corrected chi connectivity index (χ4v) is 5.77. The van der Waals surface area contributed by atoms with Crippen LogP contribution in [0.3, 0.4) is 0 Å². The van der Waals surface area contributed by atoms with Gasteiger partial charge in [0.25, 0.3) is 0 Å². The number of ether oxygens (including phenoxy) is 3. The number of esters is 1. The van der Waals surface area contributed by atoms with E-state index in [-0.39, 0.29) is 29.0 Å². The second-order valence-corrected chi connectivity index (χ2v) is 8.77. The summed E-state index contributed by atoms with van der Waals surface area (Å²) in [5, 5.41) is 0.